The monoisotopic (exact) mass is 310 g/mol. The normalized spacial score (nSPS) is 11.2. The molecule has 0 saturated carbocycles. The Morgan fingerprint density at radius 3 is 2.82 bits per heavy atom. The van der Waals surface area contributed by atoms with E-state index in [-0.39, 0.29) is 5.82 Å². The standard InChI is InChI=1S/C16H11FN4S/c1-21-9-13(11-4-6-18-16-12(11)5-7-22-16)15(20-21)14-3-2-10(17)8-19-14/h2-9H,1H3. The Morgan fingerprint density at radius 1 is 1.09 bits per heavy atom. The van der Waals surface area contributed by atoms with Crippen molar-refractivity contribution < 1.29 is 4.39 Å². The molecule has 6 heteroatoms. The van der Waals surface area contributed by atoms with Crippen molar-refractivity contribution in [1.29, 1.82) is 0 Å². The molecule has 0 aliphatic carbocycles. The average molecular weight is 310 g/mol. The summed E-state index contributed by atoms with van der Waals surface area (Å²) < 4.78 is 14.8. The highest BCUT2D eigenvalue weighted by Crippen LogP contribution is 2.35. The summed E-state index contributed by atoms with van der Waals surface area (Å²) in [6.07, 6.45) is 4.95. The number of hydrogen-bond donors (Lipinski definition) is 0. The fraction of sp³-hybridized carbons (Fsp3) is 0.0625. The van der Waals surface area contributed by atoms with Crippen LogP contribution in [0.15, 0.2) is 48.2 Å². The molecule has 0 aromatic carbocycles. The van der Waals surface area contributed by atoms with Gasteiger partial charge in [0, 0.05) is 30.4 Å². The summed E-state index contributed by atoms with van der Waals surface area (Å²) in [5, 5.41) is 7.60. The van der Waals surface area contributed by atoms with Crippen LogP contribution in [0.5, 0.6) is 0 Å². The number of thiophene rings is 1. The van der Waals surface area contributed by atoms with Crippen LogP contribution in [0, 0.1) is 5.82 Å². The van der Waals surface area contributed by atoms with Crippen LogP contribution in [0.4, 0.5) is 4.39 Å². The SMILES string of the molecule is Cn1cc(-c2ccnc3sccc23)c(-c2ccc(F)cn2)n1. The van der Waals surface area contributed by atoms with E-state index >= 15 is 0 Å². The molecule has 0 N–H and O–H groups in total. The van der Waals surface area contributed by atoms with Crippen LogP contribution in [-0.4, -0.2) is 19.7 Å². The van der Waals surface area contributed by atoms with Gasteiger partial charge in [0.05, 0.1) is 11.9 Å². The molecule has 4 aromatic heterocycles. The molecule has 4 rings (SSSR count). The highest BCUT2D eigenvalue weighted by atomic mass is 32.1. The third-order valence-electron chi connectivity index (χ3n) is 3.46. The van der Waals surface area contributed by atoms with Crippen molar-refractivity contribution in [3.63, 3.8) is 0 Å². The van der Waals surface area contributed by atoms with E-state index in [1.54, 1.807) is 28.3 Å². The molecule has 4 nitrogen and oxygen atoms in total. The highest BCUT2D eigenvalue weighted by Gasteiger charge is 2.16. The molecule has 0 atom stereocenters. The first-order chi connectivity index (χ1) is 10.7. The molecule has 4 aromatic rings. The van der Waals surface area contributed by atoms with Gasteiger partial charge in [0.2, 0.25) is 0 Å². The van der Waals surface area contributed by atoms with E-state index in [9.17, 15) is 4.39 Å². The lowest BCUT2D eigenvalue weighted by Gasteiger charge is -2.03. The van der Waals surface area contributed by atoms with Crippen LogP contribution >= 0.6 is 11.3 Å². The Balaban J connectivity index is 1.96. The molecule has 22 heavy (non-hydrogen) atoms. The van der Waals surface area contributed by atoms with Crippen LogP contribution in [0.25, 0.3) is 32.7 Å². The lowest BCUT2D eigenvalue weighted by molar-refractivity contribution is 0.621. The zero-order chi connectivity index (χ0) is 15.1. The summed E-state index contributed by atoms with van der Waals surface area (Å²) in [5.41, 5.74) is 3.41. The molecule has 0 unspecified atom stereocenters. The minimum atomic E-state index is -0.356. The van der Waals surface area contributed by atoms with Gasteiger partial charge >= 0.3 is 0 Å². The Labute approximate surface area is 129 Å². The zero-order valence-electron chi connectivity index (χ0n) is 11.7. The van der Waals surface area contributed by atoms with E-state index in [1.807, 2.05) is 24.7 Å². The lowest BCUT2D eigenvalue weighted by Crippen LogP contribution is -1.90. The number of pyridine rings is 2. The summed E-state index contributed by atoms with van der Waals surface area (Å²) in [4.78, 5) is 9.51. The molecule has 0 amide bonds. The van der Waals surface area contributed by atoms with Crippen molar-refractivity contribution in [1.82, 2.24) is 19.7 Å². The van der Waals surface area contributed by atoms with E-state index in [0.29, 0.717) is 5.69 Å². The molecule has 0 spiro atoms. The minimum absolute atomic E-state index is 0.356. The highest BCUT2D eigenvalue weighted by molar-refractivity contribution is 7.16. The number of hydrogen-bond acceptors (Lipinski definition) is 4. The van der Waals surface area contributed by atoms with Crippen LogP contribution < -0.4 is 0 Å². The lowest BCUT2D eigenvalue weighted by atomic mass is 10.0. The van der Waals surface area contributed by atoms with Gasteiger partial charge in [-0.2, -0.15) is 5.10 Å². The van der Waals surface area contributed by atoms with Gasteiger partial charge in [-0.1, -0.05) is 0 Å². The van der Waals surface area contributed by atoms with E-state index in [0.717, 1.165) is 27.0 Å². The molecule has 0 aliphatic rings. The molecule has 0 aliphatic heterocycles. The Bertz CT molecular complexity index is 956. The van der Waals surface area contributed by atoms with Crippen LogP contribution in [0.2, 0.25) is 0 Å². The summed E-state index contributed by atoms with van der Waals surface area (Å²) in [7, 11) is 1.86. The predicted octanol–water partition coefficient (Wildman–Crippen LogP) is 3.90. The summed E-state index contributed by atoms with van der Waals surface area (Å²) in [6.45, 7) is 0. The van der Waals surface area contributed by atoms with Crippen molar-refractivity contribution in [3.05, 3.63) is 54.1 Å². The van der Waals surface area contributed by atoms with Gasteiger partial charge in [-0.25, -0.2) is 9.37 Å². The van der Waals surface area contributed by atoms with Crippen molar-refractivity contribution in [3.8, 4) is 22.5 Å². The van der Waals surface area contributed by atoms with Crippen molar-refractivity contribution >= 4 is 21.6 Å². The molecule has 0 radical (unpaired) electrons. The van der Waals surface area contributed by atoms with Crippen molar-refractivity contribution in [2.75, 3.05) is 0 Å². The topological polar surface area (TPSA) is 43.6 Å². The van der Waals surface area contributed by atoms with Gasteiger partial charge in [-0.05, 0) is 35.2 Å². The van der Waals surface area contributed by atoms with Gasteiger partial charge in [0.15, 0.2) is 0 Å². The molecular weight excluding hydrogens is 299 g/mol. The third-order valence-corrected chi connectivity index (χ3v) is 4.28. The van der Waals surface area contributed by atoms with Crippen LogP contribution in [0.1, 0.15) is 0 Å². The van der Waals surface area contributed by atoms with E-state index < -0.39 is 0 Å². The second-order valence-electron chi connectivity index (χ2n) is 4.92. The Morgan fingerprint density at radius 2 is 2.00 bits per heavy atom. The average Bonchev–Trinajstić information content (AvgIpc) is 3.14. The second-order valence-corrected chi connectivity index (χ2v) is 5.82. The molecule has 0 bridgehead atoms. The smallest absolute Gasteiger partial charge is 0.141 e. The number of halogens is 1. The largest absolute Gasteiger partial charge is 0.274 e. The number of aryl methyl sites for hydroxylation is 1. The maximum absolute atomic E-state index is 13.1. The number of fused-ring (bicyclic) bond motifs is 1. The maximum Gasteiger partial charge on any atom is 0.141 e. The summed E-state index contributed by atoms with van der Waals surface area (Å²) in [6, 6.07) is 7.07. The Kier molecular flexibility index (Phi) is 2.97. The van der Waals surface area contributed by atoms with Gasteiger partial charge in [-0.15, -0.1) is 11.3 Å². The van der Waals surface area contributed by atoms with Crippen molar-refractivity contribution in [2.24, 2.45) is 7.05 Å². The first-order valence-electron chi connectivity index (χ1n) is 6.70. The molecule has 108 valence electrons. The number of aromatic nitrogens is 4. The first kappa shape index (κ1) is 13.1. The zero-order valence-corrected chi connectivity index (χ0v) is 12.5. The number of nitrogens with zero attached hydrogens (tertiary/aromatic N) is 4. The van der Waals surface area contributed by atoms with E-state index in [4.69, 9.17) is 0 Å². The molecule has 0 fully saturated rings. The maximum atomic E-state index is 13.1. The third kappa shape index (κ3) is 2.08. The fourth-order valence-electron chi connectivity index (χ4n) is 2.50. The predicted molar refractivity (Wildman–Crippen MR) is 85.0 cm³/mol. The van der Waals surface area contributed by atoms with Gasteiger partial charge in [-0.3, -0.25) is 9.67 Å². The minimum Gasteiger partial charge on any atom is -0.274 e. The quantitative estimate of drug-likeness (QED) is 0.564. The van der Waals surface area contributed by atoms with Gasteiger partial charge in [0.25, 0.3) is 0 Å². The molecule has 4 heterocycles. The van der Waals surface area contributed by atoms with Crippen LogP contribution in [0.3, 0.4) is 0 Å². The van der Waals surface area contributed by atoms with Crippen molar-refractivity contribution in [2.45, 2.75) is 0 Å². The molecular formula is C16H11FN4S. The first-order valence-corrected chi connectivity index (χ1v) is 7.58. The second kappa shape index (κ2) is 4.99. The van der Waals surface area contributed by atoms with Gasteiger partial charge in [0.1, 0.15) is 16.3 Å². The van der Waals surface area contributed by atoms with Gasteiger partial charge < -0.3 is 0 Å². The van der Waals surface area contributed by atoms with E-state index in [1.165, 1.54) is 12.3 Å². The number of rotatable bonds is 2. The van der Waals surface area contributed by atoms with E-state index in [2.05, 4.69) is 21.1 Å². The van der Waals surface area contributed by atoms with Crippen LogP contribution in [-0.2, 0) is 7.05 Å². The summed E-state index contributed by atoms with van der Waals surface area (Å²) in [5.74, 6) is -0.356. The summed E-state index contributed by atoms with van der Waals surface area (Å²) >= 11 is 1.60. The Hall–Kier alpha value is -2.60. The molecule has 0 saturated heterocycles. The fourth-order valence-corrected chi connectivity index (χ4v) is 3.26.